The van der Waals surface area contributed by atoms with Crippen LogP contribution in [0.5, 0.6) is 5.75 Å². The summed E-state index contributed by atoms with van der Waals surface area (Å²) in [5.74, 6) is 0.684. The highest BCUT2D eigenvalue weighted by Gasteiger charge is 2.47. The van der Waals surface area contributed by atoms with Crippen molar-refractivity contribution in [2.24, 2.45) is 0 Å². The smallest absolute Gasteiger partial charge is 0.336 e. The lowest BCUT2D eigenvalue weighted by Crippen LogP contribution is -2.08. The summed E-state index contributed by atoms with van der Waals surface area (Å²) in [6.45, 7) is 4.67. The number of ether oxygens (including phenoxy) is 2. The molecule has 1 aliphatic rings. The summed E-state index contributed by atoms with van der Waals surface area (Å²) < 4.78 is 22.2. The number of epoxide rings is 1. The van der Waals surface area contributed by atoms with Gasteiger partial charge < -0.3 is 18.3 Å². The quantitative estimate of drug-likeness (QED) is 0.545. The molecule has 1 atom stereocenters. The number of benzene rings is 1. The molecule has 0 N–H and O–H groups in total. The fraction of sp³-hybridized carbons (Fsp3) is 0.353. The Balaban J connectivity index is 1.70. The molecule has 1 unspecified atom stereocenters. The molecule has 1 aliphatic heterocycles. The minimum Gasteiger partial charge on any atom is -0.492 e. The van der Waals surface area contributed by atoms with Gasteiger partial charge in [-0.25, -0.2) is 4.79 Å². The van der Waals surface area contributed by atoms with Crippen molar-refractivity contribution >= 4 is 21.9 Å². The van der Waals surface area contributed by atoms with Gasteiger partial charge in [-0.15, -0.1) is 0 Å². The maximum atomic E-state index is 11.4. The predicted octanol–water partition coefficient (Wildman–Crippen LogP) is 3.49. The molecule has 5 heteroatoms. The number of fused-ring (bicyclic) bond motifs is 2. The van der Waals surface area contributed by atoms with E-state index in [9.17, 15) is 4.79 Å². The molecule has 0 radical (unpaired) electrons. The van der Waals surface area contributed by atoms with Crippen molar-refractivity contribution in [1.29, 1.82) is 0 Å². The number of hydrogen-bond donors (Lipinski definition) is 0. The maximum absolute atomic E-state index is 11.4. The molecule has 0 aliphatic carbocycles. The first-order valence-corrected chi connectivity index (χ1v) is 7.29. The van der Waals surface area contributed by atoms with Gasteiger partial charge in [0, 0.05) is 18.6 Å². The van der Waals surface area contributed by atoms with Crippen molar-refractivity contribution < 1.29 is 18.3 Å². The summed E-state index contributed by atoms with van der Waals surface area (Å²) >= 11 is 0. The first kappa shape index (κ1) is 13.4. The van der Waals surface area contributed by atoms with E-state index < -0.39 is 5.63 Å². The van der Waals surface area contributed by atoms with E-state index in [0.717, 1.165) is 17.2 Å². The Morgan fingerprint density at radius 1 is 1.18 bits per heavy atom. The molecule has 0 spiro atoms. The molecule has 1 saturated heterocycles. The predicted molar refractivity (Wildman–Crippen MR) is 81.3 cm³/mol. The third-order valence-electron chi connectivity index (χ3n) is 4.10. The molecule has 22 heavy (non-hydrogen) atoms. The molecule has 1 fully saturated rings. The summed E-state index contributed by atoms with van der Waals surface area (Å²) in [6, 6.07) is 6.69. The van der Waals surface area contributed by atoms with Crippen LogP contribution in [-0.4, -0.2) is 18.3 Å². The summed E-state index contributed by atoms with van der Waals surface area (Å²) in [7, 11) is 0. The zero-order chi connectivity index (χ0) is 15.3. The van der Waals surface area contributed by atoms with Gasteiger partial charge >= 0.3 is 5.63 Å². The van der Waals surface area contributed by atoms with E-state index in [1.165, 1.54) is 6.07 Å². The highest BCUT2D eigenvalue weighted by atomic mass is 16.6. The van der Waals surface area contributed by atoms with Crippen LogP contribution in [-0.2, 0) is 4.74 Å². The topological polar surface area (TPSA) is 65.1 Å². The van der Waals surface area contributed by atoms with Crippen molar-refractivity contribution in [3.63, 3.8) is 0 Å². The minimum atomic E-state index is -0.391. The van der Waals surface area contributed by atoms with E-state index in [2.05, 4.69) is 13.8 Å². The summed E-state index contributed by atoms with van der Waals surface area (Å²) in [5.41, 5.74) is 0.671. The van der Waals surface area contributed by atoms with Crippen molar-refractivity contribution in [1.82, 2.24) is 0 Å². The van der Waals surface area contributed by atoms with Crippen LogP contribution in [0.2, 0.25) is 0 Å². The number of hydrogen-bond acceptors (Lipinski definition) is 5. The van der Waals surface area contributed by atoms with Crippen LogP contribution in [0.4, 0.5) is 0 Å². The number of furan rings is 1. The lowest BCUT2D eigenvalue weighted by Gasteiger charge is -2.09. The second kappa shape index (κ2) is 4.61. The fourth-order valence-electron chi connectivity index (χ4n) is 2.77. The second-order valence-electron chi connectivity index (χ2n) is 6.05. The molecule has 5 nitrogen and oxygen atoms in total. The highest BCUT2D eigenvalue weighted by molar-refractivity contribution is 6.01. The average Bonchev–Trinajstić information content (AvgIpc) is 2.86. The van der Waals surface area contributed by atoms with Gasteiger partial charge in [0.25, 0.3) is 0 Å². The van der Waals surface area contributed by atoms with E-state index in [-0.39, 0.29) is 11.7 Å². The summed E-state index contributed by atoms with van der Waals surface area (Å²) in [6.07, 6.45) is 2.65. The van der Waals surface area contributed by atoms with Gasteiger partial charge in [0.1, 0.15) is 16.9 Å². The zero-order valence-electron chi connectivity index (χ0n) is 12.4. The van der Waals surface area contributed by atoms with Crippen LogP contribution < -0.4 is 10.4 Å². The van der Waals surface area contributed by atoms with Gasteiger partial charge in [-0.2, -0.15) is 0 Å². The Bertz CT molecular complexity index is 902. The lowest BCUT2D eigenvalue weighted by molar-refractivity contribution is 0.278. The Labute approximate surface area is 126 Å². The van der Waals surface area contributed by atoms with Gasteiger partial charge in [-0.3, -0.25) is 0 Å². The van der Waals surface area contributed by atoms with Gasteiger partial charge in [-0.1, -0.05) is 0 Å². The summed E-state index contributed by atoms with van der Waals surface area (Å²) in [4.78, 5) is 11.4. The third-order valence-corrected chi connectivity index (χ3v) is 4.10. The highest BCUT2D eigenvalue weighted by Crippen LogP contribution is 2.39. The van der Waals surface area contributed by atoms with Gasteiger partial charge in [0.15, 0.2) is 0 Å². The molecule has 2 aromatic heterocycles. The largest absolute Gasteiger partial charge is 0.492 e. The van der Waals surface area contributed by atoms with Crippen LogP contribution in [0.1, 0.15) is 20.3 Å². The molecule has 0 bridgehead atoms. The van der Waals surface area contributed by atoms with Crippen LogP contribution in [0, 0.1) is 0 Å². The molecular weight excluding hydrogens is 284 g/mol. The van der Waals surface area contributed by atoms with Crippen molar-refractivity contribution in [3.8, 4) is 5.75 Å². The van der Waals surface area contributed by atoms with E-state index in [1.807, 2.05) is 6.07 Å². The second-order valence-corrected chi connectivity index (χ2v) is 6.05. The molecule has 4 rings (SSSR count). The monoisotopic (exact) mass is 300 g/mol. The van der Waals surface area contributed by atoms with Crippen LogP contribution in [0.3, 0.4) is 0 Å². The molecule has 114 valence electrons. The SMILES string of the molecule is CC1(C)OC1CCOc1c2ccoc2cc2oc(=O)ccc12. The zero-order valence-corrected chi connectivity index (χ0v) is 12.4. The van der Waals surface area contributed by atoms with E-state index >= 15 is 0 Å². The minimum absolute atomic E-state index is 0.0418. The molecule has 0 saturated carbocycles. The molecule has 3 aromatic rings. The Morgan fingerprint density at radius 3 is 2.73 bits per heavy atom. The maximum Gasteiger partial charge on any atom is 0.336 e. The molecule has 1 aromatic carbocycles. The standard InChI is InChI=1S/C17H16O5/c1-17(2)14(22-17)6-8-20-16-10-3-4-15(18)21-13(10)9-12-11(16)5-7-19-12/h3-5,7,9,14H,6,8H2,1-2H3. The van der Waals surface area contributed by atoms with Crippen molar-refractivity contribution in [2.45, 2.75) is 32.0 Å². The third kappa shape index (κ3) is 2.18. The van der Waals surface area contributed by atoms with Crippen molar-refractivity contribution in [3.05, 3.63) is 40.9 Å². The lowest BCUT2D eigenvalue weighted by atomic mass is 10.1. The van der Waals surface area contributed by atoms with E-state index in [0.29, 0.717) is 23.5 Å². The van der Waals surface area contributed by atoms with Crippen LogP contribution >= 0.6 is 0 Å². The van der Waals surface area contributed by atoms with Gasteiger partial charge in [-0.05, 0) is 26.0 Å². The van der Waals surface area contributed by atoms with Crippen molar-refractivity contribution in [2.75, 3.05) is 6.61 Å². The summed E-state index contributed by atoms with van der Waals surface area (Å²) in [5, 5.41) is 1.64. The molecule has 3 heterocycles. The average molecular weight is 300 g/mol. The van der Waals surface area contributed by atoms with E-state index in [4.69, 9.17) is 18.3 Å². The van der Waals surface area contributed by atoms with Crippen LogP contribution in [0.15, 0.2) is 44.2 Å². The van der Waals surface area contributed by atoms with Crippen LogP contribution in [0.25, 0.3) is 21.9 Å². The number of rotatable bonds is 4. The normalized spacial score (nSPS) is 19.6. The Kier molecular flexibility index (Phi) is 2.81. The first-order valence-electron chi connectivity index (χ1n) is 7.29. The van der Waals surface area contributed by atoms with E-state index in [1.54, 1.807) is 18.4 Å². The van der Waals surface area contributed by atoms with Gasteiger partial charge in [0.05, 0.1) is 35.3 Å². The Hall–Kier alpha value is -2.27. The first-order chi connectivity index (χ1) is 10.5. The fourth-order valence-corrected chi connectivity index (χ4v) is 2.77. The molecular formula is C17H16O5. The van der Waals surface area contributed by atoms with Gasteiger partial charge in [0.2, 0.25) is 0 Å². The molecule has 0 amide bonds. The Morgan fingerprint density at radius 2 is 1.95 bits per heavy atom.